The van der Waals surface area contributed by atoms with Gasteiger partial charge >= 0.3 is 0 Å². The average Bonchev–Trinajstić information content (AvgIpc) is 2.72. The first-order chi connectivity index (χ1) is 9.79. The Hall–Kier alpha value is -0.890. The lowest BCUT2D eigenvalue weighted by Gasteiger charge is -2.18. The van der Waals surface area contributed by atoms with Gasteiger partial charge < -0.3 is 10.1 Å². The first-order valence-corrected chi connectivity index (χ1v) is 8.33. The highest BCUT2D eigenvalue weighted by Gasteiger charge is 2.13. The van der Waals surface area contributed by atoms with Gasteiger partial charge in [0.2, 0.25) is 0 Å². The molecule has 1 aromatic carbocycles. The second-order valence-electron chi connectivity index (χ2n) is 5.73. The number of halogens is 1. The van der Waals surface area contributed by atoms with Crippen molar-refractivity contribution in [1.82, 2.24) is 0 Å². The molecule has 0 spiro atoms. The summed E-state index contributed by atoms with van der Waals surface area (Å²) >= 11 is 6.10. The lowest BCUT2D eigenvalue weighted by atomic mass is 10.0. The van der Waals surface area contributed by atoms with Crippen LogP contribution in [0.15, 0.2) is 18.2 Å². The van der Waals surface area contributed by atoms with Crippen molar-refractivity contribution >= 4 is 17.3 Å². The van der Waals surface area contributed by atoms with Crippen LogP contribution in [0.5, 0.6) is 5.75 Å². The van der Waals surface area contributed by atoms with Crippen LogP contribution in [-0.2, 0) is 0 Å². The molecule has 0 saturated heterocycles. The fourth-order valence-electron chi connectivity index (χ4n) is 2.80. The summed E-state index contributed by atoms with van der Waals surface area (Å²) in [5.41, 5.74) is 1.04. The van der Waals surface area contributed by atoms with Gasteiger partial charge in [-0.25, -0.2) is 0 Å². The average molecular weight is 296 g/mol. The zero-order chi connectivity index (χ0) is 14.2. The van der Waals surface area contributed by atoms with Gasteiger partial charge in [-0.2, -0.15) is 0 Å². The van der Waals surface area contributed by atoms with E-state index < -0.39 is 0 Å². The van der Waals surface area contributed by atoms with Gasteiger partial charge in [0.1, 0.15) is 5.75 Å². The molecule has 1 aromatic rings. The molecule has 1 fully saturated rings. The van der Waals surface area contributed by atoms with E-state index in [0.717, 1.165) is 41.9 Å². The van der Waals surface area contributed by atoms with Gasteiger partial charge in [-0.05, 0) is 43.4 Å². The zero-order valence-electron chi connectivity index (χ0n) is 12.5. The Morgan fingerprint density at radius 3 is 2.65 bits per heavy atom. The highest BCUT2D eigenvalue weighted by atomic mass is 35.5. The fraction of sp³-hybridized carbons (Fsp3) is 0.647. The molecule has 1 N–H and O–H groups in total. The van der Waals surface area contributed by atoms with Crippen LogP contribution < -0.4 is 10.1 Å². The minimum Gasteiger partial charge on any atom is -0.491 e. The second-order valence-corrected chi connectivity index (χ2v) is 6.16. The molecular formula is C17H26ClNO. The molecule has 0 atom stereocenters. The topological polar surface area (TPSA) is 21.3 Å². The molecule has 0 amide bonds. The molecule has 0 heterocycles. The third kappa shape index (κ3) is 4.90. The summed E-state index contributed by atoms with van der Waals surface area (Å²) in [5, 5.41) is 4.31. The lowest BCUT2D eigenvalue weighted by Crippen LogP contribution is -2.14. The van der Waals surface area contributed by atoms with Crippen molar-refractivity contribution in [2.45, 2.75) is 51.9 Å². The molecule has 112 valence electrons. The number of ether oxygens (including phenoxy) is 1. The predicted molar refractivity (Wildman–Crippen MR) is 86.9 cm³/mol. The molecule has 20 heavy (non-hydrogen) atoms. The predicted octanol–water partition coefficient (Wildman–Crippen LogP) is 5.51. The van der Waals surface area contributed by atoms with Crippen molar-refractivity contribution in [3.8, 4) is 5.75 Å². The second kappa shape index (κ2) is 8.41. The Morgan fingerprint density at radius 1 is 1.20 bits per heavy atom. The molecule has 3 heteroatoms. The maximum atomic E-state index is 6.10. The number of nitrogens with one attached hydrogen (secondary N) is 1. The highest BCUT2D eigenvalue weighted by molar-refractivity contribution is 6.30. The molecule has 1 aliphatic carbocycles. The summed E-state index contributed by atoms with van der Waals surface area (Å²) in [5.74, 6) is 1.71. The SMILES string of the molecule is CCCOc1ccc(Cl)cc1NCC1CCCCCC1. The van der Waals surface area contributed by atoms with E-state index in [4.69, 9.17) is 16.3 Å². The van der Waals surface area contributed by atoms with Crippen molar-refractivity contribution in [2.75, 3.05) is 18.5 Å². The third-order valence-electron chi connectivity index (χ3n) is 3.96. The van der Waals surface area contributed by atoms with Crippen LogP contribution >= 0.6 is 11.6 Å². The van der Waals surface area contributed by atoms with Crippen LogP contribution in [0.1, 0.15) is 51.9 Å². The Kier molecular flexibility index (Phi) is 6.52. The first-order valence-electron chi connectivity index (χ1n) is 7.96. The van der Waals surface area contributed by atoms with Gasteiger partial charge in [0.25, 0.3) is 0 Å². The Morgan fingerprint density at radius 2 is 1.95 bits per heavy atom. The minimum absolute atomic E-state index is 0.750. The Labute approximate surface area is 127 Å². The van der Waals surface area contributed by atoms with Gasteiger partial charge in [-0.3, -0.25) is 0 Å². The van der Waals surface area contributed by atoms with E-state index in [9.17, 15) is 0 Å². The van der Waals surface area contributed by atoms with E-state index in [1.54, 1.807) is 0 Å². The Bertz CT molecular complexity index is 400. The van der Waals surface area contributed by atoms with E-state index in [1.807, 2.05) is 18.2 Å². The molecule has 1 aliphatic rings. The molecule has 0 aliphatic heterocycles. The Balaban J connectivity index is 1.94. The zero-order valence-corrected chi connectivity index (χ0v) is 13.2. The van der Waals surface area contributed by atoms with Gasteiger partial charge in [0.15, 0.2) is 0 Å². The molecule has 0 bridgehead atoms. The summed E-state index contributed by atoms with van der Waals surface area (Å²) in [4.78, 5) is 0. The van der Waals surface area contributed by atoms with Crippen LogP contribution in [-0.4, -0.2) is 13.2 Å². The van der Waals surface area contributed by atoms with E-state index in [1.165, 1.54) is 38.5 Å². The quantitative estimate of drug-likeness (QED) is 0.699. The lowest BCUT2D eigenvalue weighted by molar-refractivity contribution is 0.318. The van der Waals surface area contributed by atoms with Gasteiger partial charge in [0.05, 0.1) is 12.3 Å². The van der Waals surface area contributed by atoms with Crippen LogP contribution in [0, 0.1) is 5.92 Å². The number of rotatable bonds is 6. The molecule has 2 nitrogen and oxygen atoms in total. The first kappa shape index (κ1) is 15.5. The van der Waals surface area contributed by atoms with Crippen LogP contribution in [0.2, 0.25) is 5.02 Å². The molecule has 0 unspecified atom stereocenters. The van der Waals surface area contributed by atoms with Crippen LogP contribution in [0.3, 0.4) is 0 Å². The number of hydrogen-bond acceptors (Lipinski definition) is 2. The summed E-state index contributed by atoms with van der Waals surface area (Å²) in [6.07, 6.45) is 9.27. The molecular weight excluding hydrogens is 270 g/mol. The summed E-state index contributed by atoms with van der Waals surface area (Å²) in [7, 11) is 0. The summed E-state index contributed by atoms with van der Waals surface area (Å²) in [6.45, 7) is 3.90. The molecule has 0 aromatic heterocycles. The van der Waals surface area contributed by atoms with E-state index in [-0.39, 0.29) is 0 Å². The molecule has 1 saturated carbocycles. The van der Waals surface area contributed by atoms with E-state index >= 15 is 0 Å². The molecule has 0 radical (unpaired) electrons. The van der Waals surface area contributed by atoms with E-state index in [2.05, 4.69) is 12.2 Å². The van der Waals surface area contributed by atoms with Gasteiger partial charge in [-0.15, -0.1) is 0 Å². The maximum absolute atomic E-state index is 6.10. The van der Waals surface area contributed by atoms with Gasteiger partial charge in [-0.1, -0.05) is 44.2 Å². The normalized spacial score (nSPS) is 16.7. The number of anilines is 1. The van der Waals surface area contributed by atoms with Crippen molar-refractivity contribution in [3.05, 3.63) is 23.2 Å². The van der Waals surface area contributed by atoms with E-state index in [0.29, 0.717) is 0 Å². The summed E-state index contributed by atoms with van der Waals surface area (Å²) < 4.78 is 5.78. The monoisotopic (exact) mass is 295 g/mol. The number of hydrogen-bond donors (Lipinski definition) is 1. The smallest absolute Gasteiger partial charge is 0.142 e. The summed E-state index contributed by atoms with van der Waals surface area (Å²) in [6, 6.07) is 5.83. The van der Waals surface area contributed by atoms with Crippen LogP contribution in [0.4, 0.5) is 5.69 Å². The van der Waals surface area contributed by atoms with Crippen molar-refractivity contribution in [2.24, 2.45) is 5.92 Å². The number of benzene rings is 1. The van der Waals surface area contributed by atoms with Crippen LogP contribution in [0.25, 0.3) is 0 Å². The van der Waals surface area contributed by atoms with Crippen molar-refractivity contribution in [1.29, 1.82) is 0 Å². The standard InChI is InChI=1S/C17H26ClNO/c1-2-11-20-17-10-9-15(18)12-16(17)19-13-14-7-5-3-4-6-8-14/h9-10,12,14,19H,2-8,11,13H2,1H3. The minimum atomic E-state index is 0.750. The largest absolute Gasteiger partial charge is 0.491 e. The fourth-order valence-corrected chi connectivity index (χ4v) is 2.97. The third-order valence-corrected chi connectivity index (χ3v) is 4.19. The molecule has 2 rings (SSSR count). The highest BCUT2D eigenvalue weighted by Crippen LogP contribution is 2.30. The van der Waals surface area contributed by atoms with Crippen molar-refractivity contribution < 1.29 is 4.74 Å². The van der Waals surface area contributed by atoms with Crippen molar-refractivity contribution in [3.63, 3.8) is 0 Å². The maximum Gasteiger partial charge on any atom is 0.142 e. The van der Waals surface area contributed by atoms with Gasteiger partial charge in [0, 0.05) is 11.6 Å².